The first-order valence-corrected chi connectivity index (χ1v) is 13.6. The number of ether oxygens (including phenoxy) is 2. The number of hydrogen-bond donors (Lipinski definition) is 1. The van der Waals surface area contributed by atoms with Crippen LogP contribution in [0.2, 0.25) is 0 Å². The third-order valence-corrected chi connectivity index (χ3v) is 11.3. The van der Waals surface area contributed by atoms with E-state index in [-0.39, 0.29) is 24.8 Å². The number of halogens is 2. The summed E-state index contributed by atoms with van der Waals surface area (Å²) < 4.78 is 71.5. The van der Waals surface area contributed by atoms with Gasteiger partial charge in [-0.3, -0.25) is 4.79 Å². The van der Waals surface area contributed by atoms with E-state index < -0.39 is 73.6 Å². The van der Waals surface area contributed by atoms with Gasteiger partial charge >= 0.3 is 0 Å². The van der Waals surface area contributed by atoms with Gasteiger partial charge in [-0.25, -0.2) is 17.2 Å². The van der Waals surface area contributed by atoms with Crippen molar-refractivity contribution in [3.8, 4) is 0 Å². The van der Waals surface area contributed by atoms with Crippen molar-refractivity contribution in [2.24, 2.45) is 22.7 Å². The molecule has 4 fully saturated rings. The molecular weight excluding hydrogens is 454 g/mol. The summed E-state index contributed by atoms with van der Waals surface area (Å²) in [4.78, 5) is 10.2. The summed E-state index contributed by atoms with van der Waals surface area (Å²) in [6, 6.07) is 0. The van der Waals surface area contributed by atoms with Crippen LogP contribution in [0.5, 0.6) is 0 Å². The molecule has 1 saturated heterocycles. The molecule has 10 atom stereocenters. The van der Waals surface area contributed by atoms with Crippen LogP contribution in [0, 0.1) is 22.7 Å². The van der Waals surface area contributed by atoms with Gasteiger partial charge in [0.15, 0.2) is 27.6 Å². The molecule has 0 radical (unpaired) electrons. The van der Waals surface area contributed by atoms with Crippen molar-refractivity contribution in [2.75, 3.05) is 6.26 Å². The lowest BCUT2D eigenvalue weighted by molar-refractivity contribution is -0.223. The molecule has 1 aliphatic heterocycles. The van der Waals surface area contributed by atoms with E-state index in [1.165, 1.54) is 19.1 Å². The number of sulfone groups is 1. The van der Waals surface area contributed by atoms with Crippen molar-refractivity contribution in [2.45, 2.75) is 88.1 Å². The van der Waals surface area contributed by atoms with E-state index in [0.717, 1.165) is 18.8 Å². The van der Waals surface area contributed by atoms with Crippen molar-refractivity contribution in [1.29, 1.82) is 0 Å². The van der Waals surface area contributed by atoms with E-state index in [0.29, 0.717) is 6.42 Å². The van der Waals surface area contributed by atoms with E-state index in [1.54, 1.807) is 6.92 Å². The molecule has 0 amide bonds. The number of alkyl halides is 2. The summed E-state index contributed by atoms with van der Waals surface area (Å²) in [6.07, 6.45) is 1.24. The van der Waals surface area contributed by atoms with Crippen LogP contribution in [0.4, 0.5) is 8.78 Å². The molecule has 0 spiro atoms. The van der Waals surface area contributed by atoms with Crippen molar-refractivity contribution in [3.05, 3.63) is 23.8 Å². The first-order valence-electron chi connectivity index (χ1n) is 11.8. The van der Waals surface area contributed by atoms with Crippen LogP contribution >= 0.6 is 0 Å². The Balaban J connectivity index is 1.65. The molecule has 184 valence electrons. The van der Waals surface area contributed by atoms with Gasteiger partial charge in [-0.05, 0) is 56.3 Å². The van der Waals surface area contributed by atoms with Crippen LogP contribution in [0.15, 0.2) is 23.8 Å². The van der Waals surface area contributed by atoms with Crippen LogP contribution in [0.25, 0.3) is 0 Å². The molecule has 6 nitrogen and oxygen atoms in total. The van der Waals surface area contributed by atoms with Gasteiger partial charge < -0.3 is 14.6 Å². The maximum Gasteiger partial charge on any atom is 0.203 e. The normalized spacial score (nSPS) is 53.2. The molecule has 9 heteroatoms. The number of allylic oxidation sites excluding steroid dienone is 4. The minimum atomic E-state index is -3.87. The number of fused-ring (bicyclic) bond motifs is 7. The Morgan fingerprint density at radius 2 is 1.94 bits per heavy atom. The fourth-order valence-electron chi connectivity index (χ4n) is 8.02. The summed E-state index contributed by atoms with van der Waals surface area (Å²) in [5, 5.41) is 11.4. The molecule has 0 bridgehead atoms. The van der Waals surface area contributed by atoms with E-state index in [4.69, 9.17) is 9.47 Å². The maximum absolute atomic E-state index is 17.2. The van der Waals surface area contributed by atoms with Crippen molar-refractivity contribution >= 4 is 15.6 Å². The zero-order chi connectivity index (χ0) is 24.2. The Kier molecular flexibility index (Phi) is 4.97. The fourth-order valence-corrected chi connectivity index (χ4v) is 10.0. The molecule has 0 aromatic heterocycles. The van der Waals surface area contributed by atoms with Crippen LogP contribution in [-0.2, 0) is 24.1 Å². The summed E-state index contributed by atoms with van der Waals surface area (Å²) in [5.41, 5.74) is -4.89. The quantitative estimate of drug-likeness (QED) is 0.659. The molecule has 4 aliphatic carbocycles. The van der Waals surface area contributed by atoms with Gasteiger partial charge in [-0.15, -0.1) is 0 Å². The highest BCUT2D eigenvalue weighted by Crippen LogP contribution is 2.72. The Morgan fingerprint density at radius 1 is 1.24 bits per heavy atom. The van der Waals surface area contributed by atoms with Crippen molar-refractivity contribution < 1.29 is 36.6 Å². The molecule has 0 aromatic carbocycles. The number of carbonyl (C=O) groups is 1. The summed E-state index contributed by atoms with van der Waals surface area (Å²) in [6.45, 7) is 5.19. The molecule has 5 rings (SSSR count). The third kappa shape index (κ3) is 2.63. The second kappa shape index (κ2) is 6.95. The summed E-state index contributed by atoms with van der Waals surface area (Å²) in [5.74, 6) is -1.96. The van der Waals surface area contributed by atoms with Crippen LogP contribution in [0.3, 0.4) is 0 Å². The molecule has 1 heterocycles. The van der Waals surface area contributed by atoms with E-state index >= 15 is 8.78 Å². The lowest BCUT2D eigenvalue weighted by Gasteiger charge is -2.63. The predicted molar refractivity (Wildman–Crippen MR) is 116 cm³/mol. The third-order valence-electron chi connectivity index (χ3n) is 9.40. The highest BCUT2D eigenvalue weighted by molar-refractivity contribution is 7.92. The lowest BCUT2D eigenvalue weighted by atomic mass is 9.45. The first kappa shape index (κ1) is 23.6. The zero-order valence-electron chi connectivity index (χ0n) is 19.4. The minimum absolute atomic E-state index is 0.0444. The number of carbonyl (C=O) groups excluding carboxylic acids is 1. The highest BCUT2D eigenvalue weighted by Gasteiger charge is 2.81. The van der Waals surface area contributed by atoms with Gasteiger partial charge in [0.25, 0.3) is 0 Å². The number of ketones is 1. The molecule has 3 saturated carbocycles. The van der Waals surface area contributed by atoms with Gasteiger partial charge in [0.2, 0.25) is 4.93 Å². The minimum Gasteiger partial charge on any atom is -0.390 e. The van der Waals surface area contributed by atoms with E-state index in [1.807, 2.05) is 6.92 Å². The molecule has 1 unspecified atom stereocenters. The first-order chi connectivity index (χ1) is 15.3. The van der Waals surface area contributed by atoms with Gasteiger partial charge in [0.1, 0.15) is 12.3 Å². The average Bonchev–Trinajstić information content (AvgIpc) is 3.20. The van der Waals surface area contributed by atoms with Gasteiger partial charge in [0.05, 0.1) is 6.10 Å². The van der Waals surface area contributed by atoms with Crippen molar-refractivity contribution in [3.63, 3.8) is 0 Å². The molecule has 33 heavy (non-hydrogen) atoms. The van der Waals surface area contributed by atoms with E-state index in [9.17, 15) is 18.3 Å². The lowest BCUT2D eigenvalue weighted by Crippen LogP contribution is -2.70. The SMILES string of the molecule is CCCC1O[C@@H]2C[C@H]3[C@@H]4C[C@H](F)C5=CC(=O)C=C[C@]5(C)[C@@]4(F)[C@@H](O)C[C@]3(C)[C@]2(S(C)(=O)=O)O1. The number of aliphatic hydroxyl groups excluding tert-OH is 1. The average molecular weight is 487 g/mol. The maximum atomic E-state index is 17.2. The summed E-state index contributed by atoms with van der Waals surface area (Å²) in [7, 11) is -3.87. The molecule has 0 aromatic rings. The highest BCUT2D eigenvalue weighted by atomic mass is 32.2. The Labute approximate surface area is 193 Å². The van der Waals surface area contributed by atoms with Crippen LogP contribution in [-0.4, -0.2) is 60.8 Å². The monoisotopic (exact) mass is 486 g/mol. The topological polar surface area (TPSA) is 89.9 Å². The molecule has 1 N–H and O–H groups in total. The standard InChI is InChI=1S/C24H32F2O6S/c1-5-6-20-31-19-11-14-15-10-17(25)16-9-13(27)7-8-21(16,2)23(15,26)18(28)12-22(14,3)24(19,32-20)33(4,29)30/h7-9,14-15,17-20,28H,5-6,10-12H2,1-4H3/t14-,15-,17-,18-,19+,20?,21-,22-,23-,24-/m0/s1. The largest absolute Gasteiger partial charge is 0.390 e. The number of aliphatic hydroxyl groups is 1. The molecule has 5 aliphatic rings. The number of rotatable bonds is 3. The predicted octanol–water partition coefficient (Wildman–Crippen LogP) is 3.20. The second-order valence-electron chi connectivity index (χ2n) is 11.0. The van der Waals surface area contributed by atoms with Gasteiger partial charge in [-0.1, -0.05) is 26.3 Å². The summed E-state index contributed by atoms with van der Waals surface area (Å²) >= 11 is 0. The fraction of sp³-hybridized carbons (Fsp3) is 0.792. The van der Waals surface area contributed by atoms with Crippen molar-refractivity contribution in [1.82, 2.24) is 0 Å². The Bertz CT molecular complexity index is 1060. The van der Waals surface area contributed by atoms with Crippen LogP contribution < -0.4 is 0 Å². The number of hydrogen-bond acceptors (Lipinski definition) is 6. The Hall–Kier alpha value is -1.16. The molecular formula is C24H32F2O6S. The van der Waals surface area contributed by atoms with E-state index in [2.05, 4.69) is 0 Å². The smallest absolute Gasteiger partial charge is 0.203 e. The van der Waals surface area contributed by atoms with Gasteiger partial charge in [0, 0.05) is 23.0 Å². The Morgan fingerprint density at radius 3 is 2.58 bits per heavy atom. The van der Waals surface area contributed by atoms with Crippen LogP contribution in [0.1, 0.15) is 52.9 Å². The van der Waals surface area contributed by atoms with Gasteiger partial charge in [-0.2, -0.15) is 0 Å². The second-order valence-corrected chi connectivity index (χ2v) is 13.1. The zero-order valence-corrected chi connectivity index (χ0v) is 20.2.